The lowest BCUT2D eigenvalue weighted by molar-refractivity contribution is 0.0905. The number of rotatable bonds is 5. The Labute approximate surface area is 129 Å². The van der Waals surface area contributed by atoms with Gasteiger partial charge in [-0.3, -0.25) is 4.79 Å². The fourth-order valence-corrected chi connectivity index (χ4v) is 2.34. The molecule has 0 saturated heterocycles. The molecule has 1 aromatic heterocycles. The van der Waals surface area contributed by atoms with Crippen LogP contribution in [0.4, 0.5) is 0 Å². The van der Waals surface area contributed by atoms with Crippen LogP contribution in [-0.4, -0.2) is 22.1 Å². The number of aliphatic hydroxyl groups is 1. The minimum absolute atomic E-state index is 0.136. The number of carbonyl (C=O) groups is 1. The summed E-state index contributed by atoms with van der Waals surface area (Å²) in [6.45, 7) is 4.11. The van der Waals surface area contributed by atoms with E-state index >= 15 is 0 Å². The summed E-state index contributed by atoms with van der Waals surface area (Å²) >= 11 is 5.96. The molecular formula is C16H19ClN2O2. The summed E-state index contributed by atoms with van der Waals surface area (Å²) in [6, 6.07) is 11.0. The Morgan fingerprint density at radius 3 is 2.62 bits per heavy atom. The standard InChI is InChI=1S/C16H19ClN2O2/c1-11(2)19-10-13(17)8-14(19)16(21)18-9-15(20)12-6-4-3-5-7-12/h3-8,10-11,15,20H,9H2,1-2H3,(H,18,21). The van der Waals surface area contributed by atoms with Gasteiger partial charge in [0.05, 0.1) is 11.1 Å². The van der Waals surface area contributed by atoms with Gasteiger partial charge < -0.3 is 15.0 Å². The Morgan fingerprint density at radius 1 is 1.33 bits per heavy atom. The van der Waals surface area contributed by atoms with Gasteiger partial charge in [-0.25, -0.2) is 0 Å². The molecule has 1 amide bonds. The number of hydrogen-bond donors (Lipinski definition) is 2. The number of carbonyl (C=O) groups excluding carboxylic acids is 1. The smallest absolute Gasteiger partial charge is 0.268 e. The van der Waals surface area contributed by atoms with Crippen molar-refractivity contribution in [1.82, 2.24) is 9.88 Å². The lowest BCUT2D eigenvalue weighted by Crippen LogP contribution is -2.30. The Kier molecular flexibility index (Phi) is 5.04. The van der Waals surface area contributed by atoms with Crippen molar-refractivity contribution in [3.63, 3.8) is 0 Å². The van der Waals surface area contributed by atoms with Crippen molar-refractivity contribution >= 4 is 17.5 Å². The SMILES string of the molecule is CC(C)n1cc(Cl)cc1C(=O)NCC(O)c1ccccc1. The van der Waals surface area contributed by atoms with E-state index in [1.807, 2.05) is 48.7 Å². The van der Waals surface area contributed by atoms with Crippen molar-refractivity contribution in [3.8, 4) is 0 Å². The Bertz CT molecular complexity index is 608. The van der Waals surface area contributed by atoms with Crippen LogP contribution in [0.3, 0.4) is 0 Å². The van der Waals surface area contributed by atoms with Gasteiger partial charge in [0.1, 0.15) is 5.69 Å². The zero-order chi connectivity index (χ0) is 15.4. The van der Waals surface area contributed by atoms with E-state index in [-0.39, 0.29) is 18.5 Å². The molecule has 2 rings (SSSR count). The molecule has 112 valence electrons. The van der Waals surface area contributed by atoms with E-state index in [2.05, 4.69) is 5.32 Å². The monoisotopic (exact) mass is 306 g/mol. The van der Waals surface area contributed by atoms with Crippen LogP contribution in [0.5, 0.6) is 0 Å². The predicted octanol–water partition coefficient (Wildman–Crippen LogP) is 3.19. The predicted molar refractivity (Wildman–Crippen MR) is 83.6 cm³/mol. The molecule has 5 heteroatoms. The normalized spacial score (nSPS) is 12.4. The van der Waals surface area contributed by atoms with Crippen LogP contribution in [0.15, 0.2) is 42.6 Å². The number of nitrogens with one attached hydrogen (secondary N) is 1. The van der Waals surface area contributed by atoms with Gasteiger partial charge in [-0.1, -0.05) is 41.9 Å². The third-order valence-corrected chi connectivity index (χ3v) is 3.45. The maximum Gasteiger partial charge on any atom is 0.268 e. The van der Waals surface area contributed by atoms with E-state index in [0.29, 0.717) is 10.7 Å². The molecule has 0 aliphatic heterocycles. The topological polar surface area (TPSA) is 54.3 Å². The largest absolute Gasteiger partial charge is 0.387 e. The highest BCUT2D eigenvalue weighted by atomic mass is 35.5. The molecule has 0 bridgehead atoms. The summed E-state index contributed by atoms with van der Waals surface area (Å²) in [4.78, 5) is 12.2. The van der Waals surface area contributed by atoms with Crippen molar-refractivity contribution in [3.05, 3.63) is 58.9 Å². The molecule has 1 atom stereocenters. The lowest BCUT2D eigenvalue weighted by atomic mass is 10.1. The second kappa shape index (κ2) is 6.78. The van der Waals surface area contributed by atoms with Crippen LogP contribution >= 0.6 is 11.6 Å². The van der Waals surface area contributed by atoms with Crippen LogP contribution < -0.4 is 5.32 Å². The number of nitrogens with zero attached hydrogens (tertiary/aromatic N) is 1. The second-order valence-corrected chi connectivity index (χ2v) is 5.62. The van der Waals surface area contributed by atoms with E-state index in [1.165, 1.54) is 0 Å². The first-order valence-corrected chi connectivity index (χ1v) is 7.25. The molecule has 2 N–H and O–H groups in total. The van der Waals surface area contributed by atoms with E-state index in [0.717, 1.165) is 5.56 Å². The molecule has 0 fully saturated rings. The summed E-state index contributed by atoms with van der Waals surface area (Å²) in [5.41, 5.74) is 1.27. The molecule has 0 saturated carbocycles. The van der Waals surface area contributed by atoms with Crippen molar-refractivity contribution in [2.24, 2.45) is 0 Å². The van der Waals surface area contributed by atoms with Gasteiger partial charge >= 0.3 is 0 Å². The molecule has 0 spiro atoms. The molecular weight excluding hydrogens is 288 g/mol. The Morgan fingerprint density at radius 2 is 2.00 bits per heavy atom. The fraction of sp³-hybridized carbons (Fsp3) is 0.312. The maximum absolute atomic E-state index is 12.2. The highest BCUT2D eigenvalue weighted by Crippen LogP contribution is 2.19. The number of aliphatic hydroxyl groups excluding tert-OH is 1. The van der Waals surface area contributed by atoms with Gasteiger partial charge in [0, 0.05) is 18.8 Å². The second-order valence-electron chi connectivity index (χ2n) is 5.18. The van der Waals surface area contributed by atoms with Gasteiger partial charge in [-0.15, -0.1) is 0 Å². The Balaban J connectivity index is 2.02. The summed E-state index contributed by atoms with van der Waals surface area (Å²) < 4.78 is 1.81. The summed E-state index contributed by atoms with van der Waals surface area (Å²) in [7, 11) is 0. The van der Waals surface area contributed by atoms with Gasteiger partial charge in [-0.05, 0) is 25.5 Å². The molecule has 1 aromatic carbocycles. The Hall–Kier alpha value is -1.78. The first-order chi connectivity index (χ1) is 9.99. The van der Waals surface area contributed by atoms with Crippen LogP contribution in [0.25, 0.3) is 0 Å². The minimum atomic E-state index is -0.729. The molecule has 4 nitrogen and oxygen atoms in total. The molecule has 21 heavy (non-hydrogen) atoms. The van der Waals surface area contributed by atoms with Gasteiger partial charge in [0.25, 0.3) is 5.91 Å². The zero-order valence-corrected chi connectivity index (χ0v) is 12.8. The molecule has 1 unspecified atom stereocenters. The molecule has 0 radical (unpaired) electrons. The van der Waals surface area contributed by atoms with E-state index in [1.54, 1.807) is 12.3 Å². The van der Waals surface area contributed by atoms with Gasteiger partial charge in [-0.2, -0.15) is 0 Å². The van der Waals surface area contributed by atoms with Gasteiger partial charge in [0.15, 0.2) is 0 Å². The lowest BCUT2D eigenvalue weighted by Gasteiger charge is -2.15. The number of halogens is 1. The van der Waals surface area contributed by atoms with Crippen LogP contribution in [0.1, 0.15) is 42.0 Å². The average molecular weight is 307 g/mol. The average Bonchev–Trinajstić information content (AvgIpc) is 2.87. The number of amides is 1. The van der Waals surface area contributed by atoms with Crippen molar-refractivity contribution < 1.29 is 9.90 Å². The molecule has 2 aromatic rings. The summed E-state index contributed by atoms with van der Waals surface area (Å²) in [5, 5.41) is 13.3. The molecule has 1 heterocycles. The van der Waals surface area contributed by atoms with E-state index in [4.69, 9.17) is 11.6 Å². The highest BCUT2D eigenvalue weighted by Gasteiger charge is 2.16. The van der Waals surface area contributed by atoms with E-state index in [9.17, 15) is 9.90 Å². The number of aromatic nitrogens is 1. The molecule has 0 aliphatic rings. The quantitative estimate of drug-likeness (QED) is 0.891. The zero-order valence-electron chi connectivity index (χ0n) is 12.1. The van der Waals surface area contributed by atoms with Crippen LogP contribution in [-0.2, 0) is 0 Å². The van der Waals surface area contributed by atoms with Crippen molar-refractivity contribution in [2.75, 3.05) is 6.54 Å². The maximum atomic E-state index is 12.2. The molecule has 0 aliphatic carbocycles. The van der Waals surface area contributed by atoms with Gasteiger partial charge in [0.2, 0.25) is 0 Å². The highest BCUT2D eigenvalue weighted by molar-refractivity contribution is 6.31. The van der Waals surface area contributed by atoms with Crippen molar-refractivity contribution in [2.45, 2.75) is 26.0 Å². The summed E-state index contributed by atoms with van der Waals surface area (Å²) in [6.07, 6.45) is 1.00. The third kappa shape index (κ3) is 3.86. The summed E-state index contributed by atoms with van der Waals surface area (Å²) in [5.74, 6) is -0.245. The third-order valence-electron chi connectivity index (χ3n) is 3.24. The van der Waals surface area contributed by atoms with Crippen molar-refractivity contribution in [1.29, 1.82) is 0 Å². The van der Waals surface area contributed by atoms with E-state index < -0.39 is 6.10 Å². The number of benzene rings is 1. The fourth-order valence-electron chi connectivity index (χ4n) is 2.13. The van der Waals surface area contributed by atoms with Crippen LogP contribution in [0, 0.1) is 0 Å². The van der Waals surface area contributed by atoms with Crippen LogP contribution in [0.2, 0.25) is 5.02 Å². The first-order valence-electron chi connectivity index (χ1n) is 6.87. The minimum Gasteiger partial charge on any atom is -0.387 e. The first kappa shape index (κ1) is 15.6. The number of hydrogen-bond acceptors (Lipinski definition) is 2.